The van der Waals surface area contributed by atoms with E-state index in [2.05, 4.69) is 109 Å². The normalized spacial score (nSPS) is 11.1. The second-order valence-electron chi connectivity index (χ2n) is 6.72. The zero-order chi connectivity index (χ0) is 18.2. The van der Waals surface area contributed by atoms with Gasteiger partial charge in [-0.3, -0.25) is 0 Å². The number of hydrogen-bond donors (Lipinski definition) is 0. The first-order valence-electron chi connectivity index (χ1n) is 9.11. The molecule has 0 aliphatic heterocycles. The van der Waals surface area contributed by atoms with Crippen molar-refractivity contribution in [3.63, 3.8) is 0 Å². The molecule has 1 nitrogen and oxygen atoms in total. The number of hydrogen-bond acceptors (Lipinski definition) is 2. The molecule has 4 aromatic carbocycles. The summed E-state index contributed by atoms with van der Waals surface area (Å²) in [7, 11) is 2.15. The summed E-state index contributed by atoms with van der Waals surface area (Å²) in [6.45, 7) is 0. The molecule has 1 heterocycles. The van der Waals surface area contributed by atoms with Crippen LogP contribution < -0.4 is 4.90 Å². The van der Waals surface area contributed by atoms with E-state index in [0.717, 1.165) is 0 Å². The molecule has 0 radical (unpaired) electrons. The predicted molar refractivity (Wildman–Crippen MR) is 119 cm³/mol. The number of nitrogens with zero attached hydrogens (tertiary/aromatic N) is 1. The largest absolute Gasteiger partial charge is 0.343 e. The van der Waals surface area contributed by atoms with Crippen molar-refractivity contribution in [2.45, 2.75) is 0 Å². The van der Waals surface area contributed by atoms with Crippen LogP contribution in [0.5, 0.6) is 0 Å². The Kier molecular flexibility index (Phi) is 3.92. The summed E-state index contributed by atoms with van der Waals surface area (Å²) in [5.74, 6) is 0. The summed E-state index contributed by atoms with van der Waals surface area (Å²) in [5.41, 5.74) is 4.94. The number of benzene rings is 4. The van der Waals surface area contributed by atoms with Gasteiger partial charge < -0.3 is 4.90 Å². The fraction of sp³-hybridized carbons (Fsp3) is 0.0400. The van der Waals surface area contributed by atoms with Crippen LogP contribution in [-0.2, 0) is 0 Å². The van der Waals surface area contributed by atoms with E-state index in [1.54, 1.807) is 0 Å². The van der Waals surface area contributed by atoms with E-state index in [1.807, 2.05) is 11.3 Å². The third-order valence-corrected chi connectivity index (χ3v) is 6.32. The van der Waals surface area contributed by atoms with Crippen molar-refractivity contribution in [1.29, 1.82) is 0 Å². The number of rotatable bonds is 3. The van der Waals surface area contributed by atoms with Gasteiger partial charge in [0.2, 0.25) is 0 Å². The molecule has 0 atom stereocenters. The van der Waals surface area contributed by atoms with E-state index in [0.29, 0.717) is 0 Å². The van der Waals surface area contributed by atoms with Gasteiger partial charge in [0.15, 0.2) is 0 Å². The molecule has 0 fully saturated rings. The summed E-state index contributed by atoms with van der Waals surface area (Å²) in [6.07, 6.45) is 0. The van der Waals surface area contributed by atoms with Gasteiger partial charge in [-0.15, -0.1) is 11.3 Å². The highest BCUT2D eigenvalue weighted by Crippen LogP contribution is 2.41. The molecule has 5 aromatic rings. The lowest BCUT2D eigenvalue weighted by molar-refractivity contribution is 1.22. The standard InChI is InChI=1S/C25H19NS/c1-26(20-16-14-19(15-17-20)18-8-3-2-4-9-18)23-12-7-11-22-21-10-5-6-13-24(21)27-25(22)23/h2-17H,1H3. The Labute approximate surface area is 163 Å². The van der Waals surface area contributed by atoms with Crippen LogP contribution in [0.4, 0.5) is 11.4 Å². The van der Waals surface area contributed by atoms with Crippen molar-refractivity contribution < 1.29 is 0 Å². The number of fused-ring (bicyclic) bond motifs is 3. The van der Waals surface area contributed by atoms with Gasteiger partial charge >= 0.3 is 0 Å². The van der Waals surface area contributed by atoms with Crippen molar-refractivity contribution >= 4 is 42.9 Å². The Bertz CT molecular complexity index is 1220. The molecule has 0 saturated heterocycles. The Balaban J connectivity index is 1.57. The average molecular weight is 366 g/mol. The molecule has 5 rings (SSSR count). The van der Waals surface area contributed by atoms with Crippen molar-refractivity contribution in [3.8, 4) is 11.1 Å². The Hall–Kier alpha value is -3.10. The van der Waals surface area contributed by atoms with Gasteiger partial charge in [0.05, 0.1) is 10.4 Å². The van der Waals surface area contributed by atoms with Crippen LogP contribution in [0.15, 0.2) is 97.1 Å². The molecule has 0 aliphatic rings. The van der Waals surface area contributed by atoms with Gasteiger partial charge in [0, 0.05) is 28.2 Å². The first kappa shape index (κ1) is 16.1. The van der Waals surface area contributed by atoms with E-state index >= 15 is 0 Å². The summed E-state index contributed by atoms with van der Waals surface area (Å²) in [5, 5.41) is 2.67. The molecule has 0 saturated carbocycles. The smallest absolute Gasteiger partial charge is 0.0592 e. The lowest BCUT2D eigenvalue weighted by Gasteiger charge is -2.20. The molecule has 0 bridgehead atoms. The van der Waals surface area contributed by atoms with Crippen molar-refractivity contribution in [1.82, 2.24) is 0 Å². The van der Waals surface area contributed by atoms with Crippen molar-refractivity contribution in [2.24, 2.45) is 0 Å². The van der Waals surface area contributed by atoms with Gasteiger partial charge in [-0.1, -0.05) is 72.8 Å². The fourth-order valence-electron chi connectivity index (χ4n) is 3.64. The summed E-state index contributed by atoms with van der Waals surface area (Å²) in [6, 6.07) is 34.6. The minimum atomic E-state index is 1.19. The van der Waals surface area contributed by atoms with Gasteiger partial charge in [-0.25, -0.2) is 0 Å². The van der Waals surface area contributed by atoms with Gasteiger partial charge in [-0.05, 0) is 35.4 Å². The molecule has 27 heavy (non-hydrogen) atoms. The first-order valence-corrected chi connectivity index (χ1v) is 9.92. The van der Waals surface area contributed by atoms with Crippen LogP contribution in [0.1, 0.15) is 0 Å². The molecule has 0 spiro atoms. The lowest BCUT2D eigenvalue weighted by atomic mass is 10.1. The molecule has 0 amide bonds. The Morgan fingerprint density at radius 2 is 1.26 bits per heavy atom. The van der Waals surface area contributed by atoms with Crippen LogP contribution >= 0.6 is 11.3 Å². The zero-order valence-electron chi connectivity index (χ0n) is 15.1. The molecular weight excluding hydrogens is 346 g/mol. The highest BCUT2D eigenvalue weighted by atomic mass is 32.1. The van der Waals surface area contributed by atoms with Crippen LogP contribution in [0.3, 0.4) is 0 Å². The molecule has 2 heteroatoms. The van der Waals surface area contributed by atoms with Gasteiger partial charge in [0.1, 0.15) is 0 Å². The van der Waals surface area contributed by atoms with Gasteiger partial charge in [-0.2, -0.15) is 0 Å². The summed E-state index contributed by atoms with van der Waals surface area (Å²) < 4.78 is 2.68. The van der Waals surface area contributed by atoms with E-state index in [9.17, 15) is 0 Å². The maximum Gasteiger partial charge on any atom is 0.0592 e. The fourth-order valence-corrected chi connectivity index (χ4v) is 4.90. The molecule has 0 N–H and O–H groups in total. The second kappa shape index (κ2) is 6.57. The molecule has 0 unspecified atom stereocenters. The third-order valence-electron chi connectivity index (χ3n) is 5.11. The SMILES string of the molecule is CN(c1ccc(-c2ccccc2)cc1)c1cccc2c1sc1ccccc12. The molecule has 1 aromatic heterocycles. The number of thiophene rings is 1. The monoisotopic (exact) mass is 365 g/mol. The van der Waals surface area contributed by atoms with E-state index in [1.165, 1.54) is 42.7 Å². The maximum atomic E-state index is 2.28. The number of anilines is 2. The van der Waals surface area contributed by atoms with Crippen molar-refractivity contribution in [2.75, 3.05) is 11.9 Å². The summed E-state index contributed by atoms with van der Waals surface area (Å²) in [4.78, 5) is 2.28. The molecule has 0 aliphatic carbocycles. The minimum absolute atomic E-state index is 1.19. The predicted octanol–water partition coefficient (Wildman–Crippen LogP) is 7.49. The maximum absolute atomic E-state index is 2.28. The van der Waals surface area contributed by atoms with E-state index in [4.69, 9.17) is 0 Å². The first-order chi connectivity index (χ1) is 13.3. The van der Waals surface area contributed by atoms with Crippen LogP contribution in [0.25, 0.3) is 31.3 Å². The third kappa shape index (κ3) is 2.79. The Morgan fingerprint density at radius 3 is 2.07 bits per heavy atom. The van der Waals surface area contributed by atoms with Gasteiger partial charge in [0.25, 0.3) is 0 Å². The summed E-state index contributed by atoms with van der Waals surface area (Å²) >= 11 is 1.87. The topological polar surface area (TPSA) is 3.24 Å². The van der Waals surface area contributed by atoms with Crippen LogP contribution in [0.2, 0.25) is 0 Å². The van der Waals surface area contributed by atoms with Crippen LogP contribution in [-0.4, -0.2) is 7.05 Å². The average Bonchev–Trinajstić information content (AvgIpc) is 3.13. The lowest BCUT2D eigenvalue weighted by Crippen LogP contribution is -2.09. The van der Waals surface area contributed by atoms with E-state index in [-0.39, 0.29) is 0 Å². The molecular formula is C25H19NS. The second-order valence-corrected chi connectivity index (χ2v) is 7.78. The Morgan fingerprint density at radius 1 is 0.593 bits per heavy atom. The van der Waals surface area contributed by atoms with Crippen molar-refractivity contribution in [3.05, 3.63) is 97.1 Å². The minimum Gasteiger partial charge on any atom is -0.343 e. The zero-order valence-corrected chi connectivity index (χ0v) is 15.9. The van der Waals surface area contributed by atoms with Crippen LogP contribution in [0, 0.1) is 0 Å². The molecule has 130 valence electrons. The highest BCUT2D eigenvalue weighted by molar-refractivity contribution is 7.26. The van der Waals surface area contributed by atoms with E-state index < -0.39 is 0 Å². The quantitative estimate of drug-likeness (QED) is 0.320. The highest BCUT2D eigenvalue weighted by Gasteiger charge is 2.12.